The average Bonchev–Trinajstić information content (AvgIpc) is 2.30. The molecule has 3 nitrogen and oxygen atoms in total. The van der Waals surface area contributed by atoms with Crippen molar-refractivity contribution in [1.29, 1.82) is 0 Å². The maximum atomic E-state index is 10.3. The van der Waals surface area contributed by atoms with Gasteiger partial charge in [-0.3, -0.25) is 4.79 Å². The highest BCUT2D eigenvalue weighted by molar-refractivity contribution is 5.85. The van der Waals surface area contributed by atoms with Gasteiger partial charge < -0.3 is 10.4 Å². The Morgan fingerprint density at radius 3 is 2.20 bits per heavy atom. The van der Waals surface area contributed by atoms with Gasteiger partial charge in [0.15, 0.2) is 0 Å². The third-order valence-electron chi connectivity index (χ3n) is 2.38. The quantitative estimate of drug-likeness (QED) is 0.570. The highest BCUT2D eigenvalue weighted by atomic mass is 35.5. The van der Waals surface area contributed by atoms with Gasteiger partial charge in [-0.25, -0.2) is 0 Å². The fourth-order valence-electron chi connectivity index (χ4n) is 1.78. The van der Waals surface area contributed by atoms with Crippen LogP contribution in [0.3, 0.4) is 0 Å². The summed E-state index contributed by atoms with van der Waals surface area (Å²) >= 11 is 0. The number of fused-ring (bicyclic) bond motifs is 1. The monoisotopic (exact) mass is 163 g/mol. The molecule has 2 aliphatic rings. The van der Waals surface area contributed by atoms with Crippen molar-refractivity contribution in [2.24, 2.45) is 17.8 Å². The van der Waals surface area contributed by atoms with Crippen LogP contribution in [0, 0.1) is 17.8 Å². The van der Waals surface area contributed by atoms with Crippen LogP contribution in [0.15, 0.2) is 0 Å². The van der Waals surface area contributed by atoms with E-state index in [0.29, 0.717) is 11.8 Å². The van der Waals surface area contributed by atoms with Crippen molar-refractivity contribution in [3.63, 3.8) is 0 Å². The zero-order chi connectivity index (χ0) is 6.43. The number of rotatable bonds is 1. The minimum atomic E-state index is -0.605. The molecule has 0 aromatic carbocycles. The van der Waals surface area contributed by atoms with Crippen LogP contribution in [0.2, 0.25) is 0 Å². The van der Waals surface area contributed by atoms with E-state index in [1.165, 1.54) is 0 Å². The smallest absolute Gasteiger partial charge is 0.307 e. The van der Waals surface area contributed by atoms with E-state index in [9.17, 15) is 4.79 Å². The molecule has 1 saturated heterocycles. The number of nitrogens with one attached hydrogen (secondary N) is 1. The maximum absolute atomic E-state index is 10.3. The van der Waals surface area contributed by atoms with E-state index in [0.717, 1.165) is 13.1 Å². The van der Waals surface area contributed by atoms with E-state index in [4.69, 9.17) is 5.11 Å². The molecular formula is C6H10ClNO2. The normalized spacial score (nSPS) is 41.8. The van der Waals surface area contributed by atoms with E-state index in [1.807, 2.05) is 0 Å². The summed E-state index contributed by atoms with van der Waals surface area (Å²) in [5.41, 5.74) is 0. The van der Waals surface area contributed by atoms with Gasteiger partial charge in [-0.15, -0.1) is 12.4 Å². The SMILES string of the molecule is Cl.O=C(O)C1[C@H]2CNC[C@@H]12. The van der Waals surface area contributed by atoms with Crippen LogP contribution >= 0.6 is 12.4 Å². The minimum absolute atomic E-state index is 0. The number of halogens is 1. The molecule has 1 aliphatic carbocycles. The van der Waals surface area contributed by atoms with Crippen LogP contribution < -0.4 is 5.32 Å². The van der Waals surface area contributed by atoms with E-state index >= 15 is 0 Å². The highest BCUT2D eigenvalue weighted by Crippen LogP contribution is 2.48. The molecule has 0 radical (unpaired) electrons. The maximum Gasteiger partial charge on any atom is 0.307 e. The predicted molar refractivity (Wildman–Crippen MR) is 38.2 cm³/mol. The molecule has 1 aliphatic heterocycles. The first-order valence-electron chi connectivity index (χ1n) is 3.24. The molecule has 0 bridgehead atoms. The van der Waals surface area contributed by atoms with Gasteiger partial charge >= 0.3 is 5.97 Å². The molecule has 0 aromatic rings. The zero-order valence-corrected chi connectivity index (χ0v) is 6.23. The Hall–Kier alpha value is -0.280. The standard InChI is InChI=1S/C6H9NO2.ClH/c8-6(9)5-3-1-7-2-4(3)5;/h3-5,7H,1-2H2,(H,8,9);1H/t3-,4+,5?;. The number of carboxylic acids is 1. The Balaban J connectivity index is 0.000000500. The van der Waals surface area contributed by atoms with Gasteiger partial charge in [-0.2, -0.15) is 0 Å². The van der Waals surface area contributed by atoms with Crippen molar-refractivity contribution < 1.29 is 9.90 Å². The van der Waals surface area contributed by atoms with Crippen molar-refractivity contribution in [3.05, 3.63) is 0 Å². The van der Waals surface area contributed by atoms with Gasteiger partial charge in [0.25, 0.3) is 0 Å². The number of hydrogen-bond donors (Lipinski definition) is 2. The van der Waals surface area contributed by atoms with Gasteiger partial charge in [0.05, 0.1) is 5.92 Å². The lowest BCUT2D eigenvalue weighted by atomic mass is 10.3. The van der Waals surface area contributed by atoms with Crippen LogP contribution in [-0.2, 0) is 4.79 Å². The molecule has 1 unspecified atom stereocenters. The molecule has 1 heterocycles. The largest absolute Gasteiger partial charge is 0.481 e. The molecule has 2 N–H and O–H groups in total. The number of carbonyl (C=O) groups is 1. The van der Waals surface area contributed by atoms with Gasteiger partial charge in [0, 0.05) is 0 Å². The molecule has 58 valence electrons. The van der Waals surface area contributed by atoms with Crippen molar-refractivity contribution in [2.45, 2.75) is 0 Å². The third-order valence-corrected chi connectivity index (χ3v) is 2.38. The summed E-state index contributed by atoms with van der Waals surface area (Å²) in [6, 6.07) is 0. The number of piperidine rings is 1. The van der Waals surface area contributed by atoms with Crippen LogP contribution in [-0.4, -0.2) is 24.2 Å². The second-order valence-corrected chi connectivity index (χ2v) is 2.85. The first kappa shape index (κ1) is 7.82. The Morgan fingerprint density at radius 2 is 1.90 bits per heavy atom. The topological polar surface area (TPSA) is 49.3 Å². The Morgan fingerprint density at radius 1 is 1.40 bits per heavy atom. The number of carboxylic acid groups (broad SMARTS) is 1. The molecular weight excluding hydrogens is 154 g/mol. The number of hydrogen-bond acceptors (Lipinski definition) is 2. The zero-order valence-electron chi connectivity index (χ0n) is 5.41. The van der Waals surface area contributed by atoms with Crippen molar-refractivity contribution in [2.75, 3.05) is 13.1 Å². The molecule has 2 rings (SSSR count). The van der Waals surface area contributed by atoms with Crippen LogP contribution in [0.4, 0.5) is 0 Å². The minimum Gasteiger partial charge on any atom is -0.481 e. The fourth-order valence-corrected chi connectivity index (χ4v) is 1.78. The van der Waals surface area contributed by atoms with Gasteiger partial charge in [-0.1, -0.05) is 0 Å². The molecule has 4 heteroatoms. The van der Waals surface area contributed by atoms with E-state index in [1.54, 1.807) is 0 Å². The lowest BCUT2D eigenvalue weighted by Crippen LogP contribution is -2.18. The van der Waals surface area contributed by atoms with Crippen molar-refractivity contribution in [1.82, 2.24) is 5.32 Å². The molecule has 0 aromatic heterocycles. The predicted octanol–water partition coefficient (Wildman–Crippen LogP) is -0.0418. The summed E-state index contributed by atoms with van der Waals surface area (Å²) in [7, 11) is 0. The van der Waals surface area contributed by atoms with E-state index in [2.05, 4.69) is 5.32 Å². The molecule has 0 spiro atoms. The van der Waals surface area contributed by atoms with Crippen molar-refractivity contribution in [3.8, 4) is 0 Å². The van der Waals surface area contributed by atoms with E-state index in [-0.39, 0.29) is 18.3 Å². The van der Waals surface area contributed by atoms with Crippen LogP contribution in [0.25, 0.3) is 0 Å². The summed E-state index contributed by atoms with van der Waals surface area (Å²) in [6.07, 6.45) is 0. The Kier molecular flexibility index (Phi) is 1.88. The molecule has 3 atom stereocenters. The first-order chi connectivity index (χ1) is 4.30. The summed E-state index contributed by atoms with van der Waals surface area (Å²) in [6.45, 7) is 1.84. The Labute approximate surface area is 65.2 Å². The Bertz CT molecular complexity index is 152. The summed E-state index contributed by atoms with van der Waals surface area (Å²) in [5.74, 6) is 0.308. The van der Waals surface area contributed by atoms with Gasteiger partial charge in [-0.05, 0) is 24.9 Å². The number of aliphatic carboxylic acids is 1. The average molecular weight is 164 g/mol. The molecule has 0 amide bonds. The summed E-state index contributed by atoms with van der Waals surface area (Å²) in [5, 5.41) is 11.7. The second kappa shape index (κ2) is 2.40. The first-order valence-corrected chi connectivity index (χ1v) is 3.24. The third kappa shape index (κ3) is 0.896. The van der Waals surface area contributed by atoms with Crippen LogP contribution in [0.1, 0.15) is 0 Å². The molecule has 2 fully saturated rings. The van der Waals surface area contributed by atoms with Crippen molar-refractivity contribution >= 4 is 18.4 Å². The highest BCUT2D eigenvalue weighted by Gasteiger charge is 2.57. The van der Waals surface area contributed by atoms with Crippen LogP contribution in [0.5, 0.6) is 0 Å². The lowest BCUT2D eigenvalue weighted by Gasteiger charge is -1.96. The second-order valence-electron chi connectivity index (χ2n) is 2.85. The van der Waals surface area contributed by atoms with Gasteiger partial charge in [0.1, 0.15) is 0 Å². The summed E-state index contributed by atoms with van der Waals surface area (Å²) < 4.78 is 0. The van der Waals surface area contributed by atoms with E-state index < -0.39 is 5.97 Å². The lowest BCUT2D eigenvalue weighted by molar-refractivity contribution is -0.139. The fraction of sp³-hybridized carbons (Fsp3) is 0.833. The summed E-state index contributed by atoms with van der Waals surface area (Å²) in [4.78, 5) is 10.3. The van der Waals surface area contributed by atoms with Gasteiger partial charge in [0.2, 0.25) is 0 Å². The molecule has 1 saturated carbocycles. The molecule has 10 heavy (non-hydrogen) atoms.